The Morgan fingerprint density at radius 2 is 0.544 bits per heavy atom. The number of likely N-dealkylation sites (tertiary alicyclic amines) is 3. The van der Waals surface area contributed by atoms with Gasteiger partial charge in [0.05, 0.1) is 49.7 Å². The van der Waals surface area contributed by atoms with Crippen LogP contribution in [0, 0.1) is 140 Å². The number of amides is 7. The van der Waals surface area contributed by atoms with Gasteiger partial charge in [0.15, 0.2) is 75.3 Å². The summed E-state index contributed by atoms with van der Waals surface area (Å²) in [7, 11) is 0. The van der Waals surface area contributed by atoms with Crippen LogP contribution in [-0.2, 0) is 76.5 Å². The molecule has 4 aromatic rings. The van der Waals surface area contributed by atoms with Crippen LogP contribution in [0.2, 0.25) is 0 Å². The normalized spacial score (nSPS) is 17.4. The molecule has 7 atom stereocenters. The van der Waals surface area contributed by atoms with Crippen LogP contribution in [0.15, 0.2) is 24.3 Å². The molecule has 838 valence electrons. The molecule has 8 aliphatic rings. The van der Waals surface area contributed by atoms with Crippen molar-refractivity contribution in [1.82, 2.24) is 41.3 Å². The third kappa shape index (κ3) is 41.6. The number of rotatable bonds is 36. The van der Waals surface area contributed by atoms with Crippen molar-refractivity contribution in [3.05, 3.63) is 117 Å². The van der Waals surface area contributed by atoms with E-state index in [2.05, 4.69) is 31.3 Å². The summed E-state index contributed by atoms with van der Waals surface area (Å²) in [6.07, 6.45) is 2.97. The van der Waals surface area contributed by atoms with Crippen LogP contribution in [0.5, 0.6) is 23.0 Å². The number of ketones is 1. The Morgan fingerprint density at radius 3 is 0.752 bits per heavy atom. The molecule has 0 bridgehead atoms. The van der Waals surface area contributed by atoms with Crippen LogP contribution in [0.4, 0.5) is 70.2 Å². The van der Waals surface area contributed by atoms with Crippen LogP contribution in [-0.4, -0.2) is 255 Å². The van der Waals surface area contributed by atoms with Crippen LogP contribution in [0.25, 0.3) is 0 Å². The van der Waals surface area contributed by atoms with E-state index in [0.29, 0.717) is 104 Å². The zero-order valence-corrected chi connectivity index (χ0v) is 86.9. The van der Waals surface area contributed by atoms with E-state index in [-0.39, 0.29) is 126 Å². The van der Waals surface area contributed by atoms with E-state index in [0.717, 1.165) is 51.4 Å². The number of esters is 3. The Kier molecular flexibility index (Phi) is 51.7. The molecule has 8 fully saturated rings. The molecule has 10 N–H and O–H groups in total. The summed E-state index contributed by atoms with van der Waals surface area (Å²) < 4.78 is 253. The average Bonchev–Trinajstić information content (AvgIpc) is 0.853. The number of hydrogen-bond donors (Lipinski definition) is 10. The molecule has 4 aliphatic carbocycles. The molecule has 33 nitrogen and oxygen atoms in total. The van der Waals surface area contributed by atoms with Crippen molar-refractivity contribution in [1.29, 1.82) is 0 Å². The third-order valence-corrected chi connectivity index (χ3v) is 23.7. The van der Waals surface area contributed by atoms with E-state index in [9.17, 15) is 148 Å². The van der Waals surface area contributed by atoms with Gasteiger partial charge in [-0.05, 0) is 178 Å². The Morgan fingerprint density at radius 1 is 0.322 bits per heavy atom. The summed E-state index contributed by atoms with van der Waals surface area (Å²) in [5.41, 5.74) is -2.55. The summed E-state index contributed by atoms with van der Waals surface area (Å²) in [5, 5.41) is 61.9. The van der Waals surface area contributed by atoms with Crippen LogP contribution in [0.1, 0.15) is 191 Å². The minimum Gasteiger partial charge on any atom is -0.485 e. The first-order chi connectivity index (χ1) is 67.8. The second kappa shape index (κ2) is 58.9. The van der Waals surface area contributed by atoms with Gasteiger partial charge in [0.2, 0.25) is 87.9 Å². The van der Waals surface area contributed by atoms with E-state index in [1.807, 2.05) is 0 Å². The number of aliphatic hydroxyl groups excluding tert-OH is 3. The fourth-order valence-electron chi connectivity index (χ4n) is 15.2. The summed E-state index contributed by atoms with van der Waals surface area (Å²) >= 11 is 0. The highest BCUT2D eigenvalue weighted by molar-refractivity contribution is 7.59. The van der Waals surface area contributed by atoms with Gasteiger partial charge in [-0.15, -0.1) is 0 Å². The fraction of sp³-hybridized carbons (Fsp3) is 0.615. The maximum atomic E-state index is 13.9. The highest BCUT2D eigenvalue weighted by atomic mass is 32.1. The van der Waals surface area contributed by atoms with Gasteiger partial charge < -0.3 is 100.0 Å². The van der Waals surface area contributed by atoms with Crippen LogP contribution in [0.3, 0.4) is 0 Å². The first-order valence-electron chi connectivity index (χ1n) is 47.1. The standard InChI is InChI=1S/2C25H32F4N2O6.C21H22F4N2O6.C21H28F4N2O5.C4H6O2.4H2S/c2*1-25(2,3)37-19(33)11-17(18(32)12-36-22-20(28)15(26)10-16(27)21(22)29)30-23(34)13-6-8-31(9-7-13)24(35)14-4-5-14;22-12-7-13(23)18(25)19(17(12)24)33-9-15(28)14(8-16(29)30)26-20(31)10-3-5-27(6-4-10)21(32)11-1-2-11;1-21(2,3)32-16(29)9-14(27-20(30)11-4-6-26-7-5-11)15(28)10-31-19-17(24)12(22)8-13(23)18(19)25;5-4(6)3-1-2-3;;;;/h2*10,13-14,17-18,32H,4-9,11-12H2,1-3H3,(H,30,34);7,10-11,14H,1-6,8-9H2,(H,26,31)(H,29,30);8,11,14-15,26,28H,4-7,9-10H2,1-3H3,(H,27,30);3H,1-2H2,(H,5,6);4*1H2/t2*17-,18?;14-;14-,15?;;;;;/m0000...../s1. The molecule has 4 saturated carbocycles. The van der Waals surface area contributed by atoms with E-state index in [1.54, 1.807) is 77.0 Å². The van der Waals surface area contributed by atoms with Crippen molar-refractivity contribution in [3.8, 4) is 23.0 Å². The Bertz CT molecular complexity index is 5020. The molecule has 4 heterocycles. The van der Waals surface area contributed by atoms with Gasteiger partial charge >= 0.3 is 29.8 Å². The maximum Gasteiger partial charge on any atom is 0.308 e. The van der Waals surface area contributed by atoms with Gasteiger partial charge in [0.1, 0.15) is 67.6 Å². The predicted molar refractivity (Wildman–Crippen MR) is 515 cm³/mol. The van der Waals surface area contributed by atoms with E-state index in [4.69, 9.17) is 38.6 Å². The molecule has 4 saturated heterocycles. The zero-order chi connectivity index (χ0) is 108. The quantitative estimate of drug-likeness (QED) is 0.00875. The minimum atomic E-state index is -1.85. The molecule has 149 heavy (non-hydrogen) atoms. The first kappa shape index (κ1) is 131. The Hall–Kier alpha value is -10.5. The number of ether oxygens (including phenoxy) is 7. The molecule has 53 heteroatoms. The second-order valence-electron chi connectivity index (χ2n) is 39.2. The molecule has 4 aromatic carbocycles. The molecule has 4 aliphatic heterocycles. The number of carbonyl (C=O) groups excluding carboxylic acids is 11. The van der Waals surface area contributed by atoms with Crippen molar-refractivity contribution in [2.45, 2.75) is 250 Å². The predicted octanol–water partition coefficient (Wildman–Crippen LogP) is 10.6. The van der Waals surface area contributed by atoms with E-state index in [1.165, 1.54) is 0 Å². The number of carboxylic acids is 2. The lowest BCUT2D eigenvalue weighted by Gasteiger charge is -2.33. The zero-order valence-electron chi connectivity index (χ0n) is 82.9. The van der Waals surface area contributed by atoms with Crippen molar-refractivity contribution >= 4 is 131 Å². The number of aliphatic hydroxyl groups is 3. The summed E-state index contributed by atoms with van der Waals surface area (Å²) in [5.74, 6) is -42.3. The molecular formula is C96H128F16N8O25S4. The summed E-state index contributed by atoms with van der Waals surface area (Å²) in [6.45, 7) is 14.5. The van der Waals surface area contributed by atoms with E-state index < -0.39 is 304 Å². The van der Waals surface area contributed by atoms with Crippen LogP contribution < -0.4 is 45.5 Å². The van der Waals surface area contributed by atoms with Gasteiger partial charge in [0.25, 0.3) is 0 Å². The molecule has 3 unspecified atom stereocenters. The highest BCUT2D eigenvalue weighted by Crippen LogP contribution is 2.38. The fourth-order valence-corrected chi connectivity index (χ4v) is 15.2. The number of carboxylic acid groups (broad SMARTS) is 2. The highest BCUT2D eigenvalue weighted by Gasteiger charge is 2.44. The van der Waals surface area contributed by atoms with Crippen LogP contribution >= 0.6 is 54.0 Å². The number of benzene rings is 4. The van der Waals surface area contributed by atoms with Crippen molar-refractivity contribution < 1.29 is 191 Å². The number of Topliss-reactive ketones (excluding diaryl/α,β-unsaturated/α-hetero) is 1. The number of nitrogens with zero attached hydrogens (tertiary/aromatic N) is 3. The lowest BCUT2D eigenvalue weighted by molar-refractivity contribution is -0.157. The molecule has 0 spiro atoms. The average molecular weight is 2230 g/mol. The van der Waals surface area contributed by atoms with Gasteiger partial charge in [-0.1, -0.05) is 0 Å². The van der Waals surface area contributed by atoms with Gasteiger partial charge in [-0.25, -0.2) is 35.1 Å². The number of halogens is 16. The molecule has 0 aromatic heterocycles. The SMILES string of the molecule is CC(C)(C)OC(=O)C[C@H](NC(=O)C1CCN(C(=O)C2CC2)CC1)C(O)COc1c(F)c(F)cc(F)c1F.CC(C)(C)OC(=O)C[C@H](NC(=O)C1CCN(C(=O)C2CC2)CC1)C(O)COc1c(F)c(F)cc(F)c1F.CC(C)(C)OC(=O)C[C@H](NC(=O)C1CCNCC1)C(O)COc1c(F)c(F)cc(F)c1F.O=C(O)C1CC1.O=C(O)C[C@H](NC(=O)C1CCN(C(=O)C2CC2)CC1)C(=O)COc1c(F)c(F)cc(F)c1F.S.S.S.S. The summed E-state index contributed by atoms with van der Waals surface area (Å²) in [4.78, 5) is 163. The van der Waals surface area contributed by atoms with Gasteiger partial charge in [0, 0.05) is 105 Å². The number of carbonyl (C=O) groups is 13. The summed E-state index contributed by atoms with van der Waals surface area (Å²) in [6, 6.07) is -5.38. The van der Waals surface area contributed by atoms with Gasteiger partial charge in [-0.2, -0.15) is 89.1 Å². The number of piperidine rings is 4. The lowest BCUT2D eigenvalue weighted by atomic mass is 9.94. The third-order valence-electron chi connectivity index (χ3n) is 23.7. The molecule has 12 rings (SSSR count). The van der Waals surface area contributed by atoms with Crippen molar-refractivity contribution in [2.75, 3.05) is 78.8 Å². The van der Waals surface area contributed by atoms with E-state index >= 15 is 0 Å². The van der Waals surface area contributed by atoms with Gasteiger partial charge in [-0.3, -0.25) is 62.3 Å². The number of nitrogens with one attached hydrogen (secondary N) is 5. The largest absolute Gasteiger partial charge is 0.485 e. The topological polar surface area (TPSA) is 458 Å². The minimum absolute atomic E-state index is 0. The van der Waals surface area contributed by atoms with Crippen molar-refractivity contribution in [3.63, 3.8) is 0 Å². The Labute approximate surface area is 875 Å². The lowest BCUT2D eigenvalue weighted by Crippen LogP contribution is -2.51. The molecule has 7 amide bonds. The second-order valence-corrected chi connectivity index (χ2v) is 39.2. The maximum absolute atomic E-state index is 13.9. The Balaban J connectivity index is 0.000000402. The molecular weight excluding hydrogens is 2100 g/mol. The monoisotopic (exact) mass is 2220 g/mol. The number of aliphatic carboxylic acids is 2. The number of hydrogen-bond acceptors (Lipinski definition) is 24. The smallest absolute Gasteiger partial charge is 0.308 e. The molecule has 0 radical (unpaired) electrons. The first-order valence-corrected chi connectivity index (χ1v) is 47.1. The van der Waals surface area contributed by atoms with Crippen molar-refractivity contribution in [2.24, 2.45) is 47.3 Å².